The van der Waals surface area contributed by atoms with Crippen LogP contribution in [-0.2, 0) is 5.41 Å². The van der Waals surface area contributed by atoms with E-state index in [1.165, 1.54) is 105 Å². The van der Waals surface area contributed by atoms with Crippen LogP contribution in [0.1, 0.15) is 47.6 Å². The van der Waals surface area contributed by atoms with Gasteiger partial charge in [-0.3, -0.25) is 0 Å². The van der Waals surface area contributed by atoms with Crippen molar-refractivity contribution < 1.29 is 0 Å². The van der Waals surface area contributed by atoms with E-state index in [1.807, 2.05) is 0 Å². The van der Waals surface area contributed by atoms with E-state index in [1.54, 1.807) is 0 Å². The summed E-state index contributed by atoms with van der Waals surface area (Å²) in [6.07, 6.45) is 0. The fourth-order valence-corrected chi connectivity index (χ4v) is 10.4. The highest BCUT2D eigenvalue weighted by atomic mass is 15.0. The molecule has 2 aromatic heterocycles. The highest BCUT2D eigenvalue weighted by Gasteiger charge is 2.37. The summed E-state index contributed by atoms with van der Waals surface area (Å²) in [5, 5.41) is 7.53. The molecule has 0 amide bonds. The first-order valence-electron chi connectivity index (χ1n) is 20.4. The number of para-hydroxylation sites is 2. The summed E-state index contributed by atoms with van der Waals surface area (Å²) in [5.74, 6) is 0.154. The van der Waals surface area contributed by atoms with Gasteiger partial charge in [0.25, 0.3) is 0 Å². The minimum absolute atomic E-state index is 0.0653. The van der Waals surface area contributed by atoms with Gasteiger partial charge in [-0.05, 0) is 98.9 Å². The van der Waals surface area contributed by atoms with Crippen molar-refractivity contribution in [1.82, 2.24) is 9.13 Å². The SMILES string of the molecule is CC1(C)c2ccccc2C(c2cccc(-n3c4ccccc4c4cc(-c5ccc6c(c5)c5ccccc5n6-c5cccc6ccccc56)ccc43)c2)c2ccccc21. The number of hydrogen-bond donors (Lipinski definition) is 0. The lowest BCUT2D eigenvalue weighted by Crippen LogP contribution is -2.29. The van der Waals surface area contributed by atoms with Crippen LogP contribution in [-0.4, -0.2) is 9.13 Å². The molecular formula is C56H40N2. The summed E-state index contributed by atoms with van der Waals surface area (Å²) in [5.41, 5.74) is 16.5. The van der Waals surface area contributed by atoms with E-state index in [0.717, 1.165) is 0 Å². The second-order valence-electron chi connectivity index (χ2n) is 16.5. The van der Waals surface area contributed by atoms with Crippen molar-refractivity contribution in [3.8, 4) is 22.5 Å². The summed E-state index contributed by atoms with van der Waals surface area (Å²) < 4.78 is 4.90. The third-order valence-corrected chi connectivity index (χ3v) is 13.0. The third kappa shape index (κ3) is 4.72. The predicted molar refractivity (Wildman–Crippen MR) is 244 cm³/mol. The van der Waals surface area contributed by atoms with Crippen LogP contribution in [0.3, 0.4) is 0 Å². The molecule has 1 aliphatic rings. The summed E-state index contributed by atoms with van der Waals surface area (Å²) >= 11 is 0. The van der Waals surface area contributed by atoms with Crippen LogP contribution in [0.4, 0.5) is 0 Å². The Morgan fingerprint density at radius 2 is 0.879 bits per heavy atom. The molecule has 1 aliphatic carbocycles. The second-order valence-corrected chi connectivity index (χ2v) is 16.5. The van der Waals surface area contributed by atoms with Crippen molar-refractivity contribution in [3.63, 3.8) is 0 Å². The molecule has 274 valence electrons. The van der Waals surface area contributed by atoms with E-state index in [-0.39, 0.29) is 11.3 Å². The maximum atomic E-state index is 2.46. The number of aromatic nitrogens is 2. The van der Waals surface area contributed by atoms with Crippen molar-refractivity contribution in [2.45, 2.75) is 25.2 Å². The molecule has 12 rings (SSSR count). The molecule has 0 radical (unpaired) electrons. The van der Waals surface area contributed by atoms with Crippen molar-refractivity contribution in [1.29, 1.82) is 0 Å². The van der Waals surface area contributed by atoms with Crippen LogP contribution in [0.15, 0.2) is 200 Å². The fourth-order valence-electron chi connectivity index (χ4n) is 10.4. The highest BCUT2D eigenvalue weighted by molar-refractivity contribution is 6.13. The lowest BCUT2D eigenvalue weighted by Gasteiger charge is -2.39. The molecule has 0 N–H and O–H groups in total. The smallest absolute Gasteiger partial charge is 0.0541 e. The standard InChI is InChI=1S/C56H40N2/c1-56(2)48-24-9-5-22-44(48)55(45-23-6-10-25-49(45)56)39-17-13-18-40(33-39)57-51-26-11-7-20-42(51)46-34-37(29-31-53(46)57)38-30-32-54-47(35-38)43-21-8-12-27-52(43)58(54)50-28-14-16-36-15-3-4-19-41(36)50/h3-35,55H,1-2H3. The molecule has 0 unspecified atom stereocenters. The first-order chi connectivity index (χ1) is 28.5. The Morgan fingerprint density at radius 1 is 0.379 bits per heavy atom. The fraction of sp³-hybridized carbons (Fsp3) is 0.0714. The van der Waals surface area contributed by atoms with Gasteiger partial charge in [-0.25, -0.2) is 0 Å². The maximum Gasteiger partial charge on any atom is 0.0541 e. The van der Waals surface area contributed by atoms with Gasteiger partial charge >= 0.3 is 0 Å². The van der Waals surface area contributed by atoms with E-state index >= 15 is 0 Å². The van der Waals surface area contributed by atoms with Crippen LogP contribution in [0.25, 0.3) is 76.9 Å². The first-order valence-corrected chi connectivity index (χ1v) is 20.4. The number of rotatable bonds is 4. The topological polar surface area (TPSA) is 9.86 Å². The summed E-state index contributed by atoms with van der Waals surface area (Å²) in [6, 6.07) is 74.4. The maximum absolute atomic E-state index is 2.46. The highest BCUT2D eigenvalue weighted by Crippen LogP contribution is 2.49. The molecule has 2 heteroatoms. The lowest BCUT2D eigenvalue weighted by atomic mass is 9.64. The molecule has 2 heterocycles. The van der Waals surface area contributed by atoms with Gasteiger partial charge in [-0.2, -0.15) is 0 Å². The molecule has 9 aromatic carbocycles. The Labute approximate surface area is 337 Å². The summed E-state index contributed by atoms with van der Waals surface area (Å²) in [4.78, 5) is 0. The Kier molecular flexibility index (Phi) is 7.07. The van der Waals surface area contributed by atoms with E-state index < -0.39 is 0 Å². The Morgan fingerprint density at radius 3 is 1.55 bits per heavy atom. The first kappa shape index (κ1) is 33.0. The lowest BCUT2D eigenvalue weighted by molar-refractivity contribution is 0.597. The zero-order chi connectivity index (χ0) is 38.5. The van der Waals surface area contributed by atoms with Crippen molar-refractivity contribution in [3.05, 3.63) is 228 Å². The van der Waals surface area contributed by atoms with Crippen LogP contribution < -0.4 is 0 Å². The second kappa shape index (κ2) is 12.4. The van der Waals surface area contributed by atoms with Crippen LogP contribution in [0, 0.1) is 0 Å². The molecule has 0 spiro atoms. The summed E-state index contributed by atoms with van der Waals surface area (Å²) in [7, 11) is 0. The van der Waals surface area contributed by atoms with Crippen molar-refractivity contribution in [2.75, 3.05) is 0 Å². The van der Waals surface area contributed by atoms with Crippen LogP contribution >= 0.6 is 0 Å². The normalized spacial score (nSPS) is 13.8. The predicted octanol–water partition coefficient (Wildman–Crippen LogP) is 14.5. The minimum Gasteiger partial charge on any atom is -0.309 e. The Bertz CT molecular complexity index is 3390. The van der Waals surface area contributed by atoms with Crippen LogP contribution in [0.5, 0.6) is 0 Å². The van der Waals surface area contributed by atoms with Gasteiger partial charge in [0.2, 0.25) is 0 Å². The van der Waals surface area contributed by atoms with E-state index in [0.29, 0.717) is 0 Å². The zero-order valence-corrected chi connectivity index (χ0v) is 32.5. The van der Waals surface area contributed by atoms with Gasteiger partial charge in [-0.1, -0.05) is 159 Å². The molecule has 0 saturated carbocycles. The van der Waals surface area contributed by atoms with Crippen molar-refractivity contribution in [2.24, 2.45) is 0 Å². The monoisotopic (exact) mass is 740 g/mol. The molecule has 0 bridgehead atoms. The van der Waals surface area contributed by atoms with Gasteiger partial charge in [0.1, 0.15) is 0 Å². The third-order valence-electron chi connectivity index (χ3n) is 13.0. The molecule has 0 atom stereocenters. The number of fused-ring (bicyclic) bond motifs is 9. The van der Waals surface area contributed by atoms with Gasteiger partial charge in [0.05, 0.1) is 27.8 Å². The van der Waals surface area contributed by atoms with Gasteiger partial charge in [-0.15, -0.1) is 0 Å². The molecule has 0 fully saturated rings. The molecule has 0 saturated heterocycles. The van der Waals surface area contributed by atoms with E-state index in [2.05, 4.69) is 223 Å². The minimum atomic E-state index is -0.0653. The van der Waals surface area contributed by atoms with E-state index in [4.69, 9.17) is 0 Å². The van der Waals surface area contributed by atoms with Gasteiger partial charge in [0, 0.05) is 44.0 Å². The molecular weight excluding hydrogens is 701 g/mol. The van der Waals surface area contributed by atoms with Crippen LogP contribution in [0.2, 0.25) is 0 Å². The molecule has 2 nitrogen and oxygen atoms in total. The molecule has 0 aliphatic heterocycles. The molecule has 11 aromatic rings. The van der Waals surface area contributed by atoms with Gasteiger partial charge < -0.3 is 9.13 Å². The number of nitrogens with zero attached hydrogens (tertiary/aromatic N) is 2. The largest absolute Gasteiger partial charge is 0.309 e. The Balaban J connectivity index is 1.01. The van der Waals surface area contributed by atoms with E-state index in [9.17, 15) is 0 Å². The average Bonchev–Trinajstić information content (AvgIpc) is 3.79. The summed E-state index contributed by atoms with van der Waals surface area (Å²) in [6.45, 7) is 4.73. The number of benzene rings is 9. The zero-order valence-electron chi connectivity index (χ0n) is 32.5. The van der Waals surface area contributed by atoms with Crippen molar-refractivity contribution >= 4 is 54.4 Å². The number of hydrogen-bond acceptors (Lipinski definition) is 0. The average molecular weight is 741 g/mol. The quantitative estimate of drug-likeness (QED) is 0.170. The Hall–Kier alpha value is -7.16. The van der Waals surface area contributed by atoms with Gasteiger partial charge in [0.15, 0.2) is 0 Å². The molecule has 58 heavy (non-hydrogen) atoms.